The molecule has 28 heavy (non-hydrogen) atoms. The van der Waals surface area contributed by atoms with E-state index in [0.29, 0.717) is 13.1 Å². The van der Waals surface area contributed by atoms with Crippen molar-refractivity contribution in [1.29, 1.82) is 0 Å². The van der Waals surface area contributed by atoms with E-state index in [1.54, 1.807) is 0 Å². The molecule has 1 N–H and O–H groups in total. The number of para-hydroxylation sites is 1. The fourth-order valence-electron chi connectivity index (χ4n) is 3.21. The summed E-state index contributed by atoms with van der Waals surface area (Å²) in [7, 11) is 0. The monoisotopic (exact) mass is 411 g/mol. The van der Waals surface area contributed by atoms with Gasteiger partial charge in [-0.15, -0.1) is 0 Å². The van der Waals surface area contributed by atoms with Crippen molar-refractivity contribution in [3.05, 3.63) is 64.7 Å². The quantitative estimate of drug-likeness (QED) is 0.804. The minimum absolute atomic E-state index is 0.0616. The standard InChI is InChI=1S/C20H21ClF3N3O/c21-17-7-3-1-5-15(17)13-26-9-11-27(12-10-26)14-19(28)25-18-8-4-2-6-16(18)20(22,23)24/h1-8H,9-14H2,(H,25,28). The van der Waals surface area contributed by atoms with Crippen LogP contribution < -0.4 is 5.32 Å². The van der Waals surface area contributed by atoms with E-state index in [0.717, 1.165) is 36.3 Å². The van der Waals surface area contributed by atoms with Crippen LogP contribution in [-0.4, -0.2) is 48.4 Å². The van der Waals surface area contributed by atoms with E-state index in [9.17, 15) is 18.0 Å². The summed E-state index contributed by atoms with van der Waals surface area (Å²) < 4.78 is 39.1. The zero-order valence-corrected chi connectivity index (χ0v) is 15.9. The first-order valence-corrected chi connectivity index (χ1v) is 9.35. The Morgan fingerprint density at radius 1 is 0.964 bits per heavy atom. The molecular formula is C20H21ClF3N3O. The number of anilines is 1. The minimum atomic E-state index is -4.51. The fraction of sp³-hybridized carbons (Fsp3) is 0.350. The van der Waals surface area contributed by atoms with Gasteiger partial charge in [0.15, 0.2) is 0 Å². The smallest absolute Gasteiger partial charge is 0.324 e. The number of nitrogens with zero attached hydrogens (tertiary/aromatic N) is 2. The van der Waals surface area contributed by atoms with Crippen LogP contribution in [0.2, 0.25) is 5.02 Å². The van der Waals surface area contributed by atoms with Crippen molar-refractivity contribution < 1.29 is 18.0 Å². The molecule has 0 radical (unpaired) electrons. The van der Waals surface area contributed by atoms with Crippen LogP contribution in [0.15, 0.2) is 48.5 Å². The lowest BCUT2D eigenvalue weighted by Crippen LogP contribution is -2.48. The number of amides is 1. The molecular weight excluding hydrogens is 391 g/mol. The lowest BCUT2D eigenvalue weighted by atomic mass is 10.1. The Bertz CT molecular complexity index is 820. The van der Waals surface area contributed by atoms with Gasteiger partial charge in [-0.3, -0.25) is 14.6 Å². The van der Waals surface area contributed by atoms with E-state index in [-0.39, 0.29) is 12.2 Å². The molecule has 1 heterocycles. The average molecular weight is 412 g/mol. The Morgan fingerprint density at radius 2 is 1.57 bits per heavy atom. The molecule has 4 nitrogen and oxygen atoms in total. The van der Waals surface area contributed by atoms with E-state index < -0.39 is 17.6 Å². The molecule has 0 atom stereocenters. The van der Waals surface area contributed by atoms with Crippen molar-refractivity contribution in [3.8, 4) is 0 Å². The molecule has 2 aromatic rings. The molecule has 0 bridgehead atoms. The number of rotatable bonds is 5. The zero-order valence-electron chi connectivity index (χ0n) is 15.2. The van der Waals surface area contributed by atoms with Gasteiger partial charge in [0.05, 0.1) is 17.8 Å². The van der Waals surface area contributed by atoms with Crippen LogP contribution in [0.1, 0.15) is 11.1 Å². The summed E-state index contributed by atoms with van der Waals surface area (Å²) in [6.07, 6.45) is -4.51. The maximum atomic E-state index is 13.0. The number of alkyl halides is 3. The third-order valence-corrected chi connectivity index (χ3v) is 5.06. The SMILES string of the molecule is O=C(CN1CCN(Cc2ccccc2Cl)CC1)Nc1ccccc1C(F)(F)F. The molecule has 1 aliphatic rings. The average Bonchev–Trinajstić information content (AvgIpc) is 2.65. The van der Waals surface area contributed by atoms with Gasteiger partial charge < -0.3 is 5.32 Å². The number of carbonyl (C=O) groups is 1. The Hall–Kier alpha value is -2.09. The van der Waals surface area contributed by atoms with Gasteiger partial charge in [-0.25, -0.2) is 0 Å². The molecule has 0 aliphatic carbocycles. The predicted octanol–water partition coefficient (Wildman–Crippen LogP) is 4.12. The number of carbonyl (C=O) groups excluding carboxylic acids is 1. The third-order valence-electron chi connectivity index (χ3n) is 4.69. The number of piperazine rings is 1. The summed E-state index contributed by atoms with van der Waals surface area (Å²) in [5.41, 5.74) is 0.00406. The molecule has 1 amide bonds. The van der Waals surface area contributed by atoms with Crippen LogP contribution in [0.5, 0.6) is 0 Å². The highest BCUT2D eigenvalue weighted by molar-refractivity contribution is 6.31. The van der Waals surface area contributed by atoms with Crippen LogP contribution in [-0.2, 0) is 17.5 Å². The first-order chi connectivity index (χ1) is 13.3. The first-order valence-electron chi connectivity index (χ1n) is 8.97. The summed E-state index contributed by atoms with van der Waals surface area (Å²) in [5.74, 6) is -0.448. The number of halogens is 4. The van der Waals surface area contributed by atoms with Crippen molar-refractivity contribution in [3.63, 3.8) is 0 Å². The Balaban J connectivity index is 1.50. The van der Waals surface area contributed by atoms with E-state index in [1.165, 1.54) is 18.2 Å². The largest absolute Gasteiger partial charge is 0.418 e. The molecule has 0 unspecified atom stereocenters. The van der Waals surface area contributed by atoms with E-state index in [4.69, 9.17) is 11.6 Å². The molecule has 0 spiro atoms. The second-order valence-electron chi connectivity index (χ2n) is 6.74. The molecule has 1 fully saturated rings. The van der Waals surface area contributed by atoms with Crippen LogP contribution >= 0.6 is 11.6 Å². The molecule has 0 aromatic heterocycles. The maximum Gasteiger partial charge on any atom is 0.418 e. The van der Waals surface area contributed by atoms with E-state index in [2.05, 4.69) is 10.2 Å². The highest BCUT2D eigenvalue weighted by Crippen LogP contribution is 2.34. The van der Waals surface area contributed by atoms with Crippen molar-refractivity contribution >= 4 is 23.2 Å². The number of hydrogen-bond donors (Lipinski definition) is 1. The van der Waals surface area contributed by atoms with Gasteiger partial charge in [-0.2, -0.15) is 13.2 Å². The van der Waals surface area contributed by atoms with Crippen molar-refractivity contribution in [2.75, 3.05) is 38.0 Å². The maximum absolute atomic E-state index is 13.0. The van der Waals surface area contributed by atoms with Crippen molar-refractivity contribution in [1.82, 2.24) is 9.80 Å². The minimum Gasteiger partial charge on any atom is -0.324 e. The molecule has 1 aliphatic heterocycles. The lowest BCUT2D eigenvalue weighted by Gasteiger charge is -2.34. The normalized spacial score (nSPS) is 16.1. The van der Waals surface area contributed by atoms with Crippen LogP contribution in [0, 0.1) is 0 Å². The summed E-state index contributed by atoms with van der Waals surface area (Å²) in [6, 6.07) is 12.7. The van der Waals surface area contributed by atoms with E-state index >= 15 is 0 Å². The molecule has 3 rings (SSSR count). The second kappa shape index (κ2) is 8.94. The molecule has 0 saturated carbocycles. The van der Waals surface area contributed by atoms with Gasteiger partial charge in [0.2, 0.25) is 5.91 Å². The first kappa shape index (κ1) is 20.6. The predicted molar refractivity (Wildman–Crippen MR) is 103 cm³/mol. The third kappa shape index (κ3) is 5.47. The van der Waals surface area contributed by atoms with Crippen LogP contribution in [0.3, 0.4) is 0 Å². The van der Waals surface area contributed by atoms with Gasteiger partial charge in [-0.05, 0) is 23.8 Å². The highest BCUT2D eigenvalue weighted by Gasteiger charge is 2.33. The molecule has 2 aromatic carbocycles. The van der Waals surface area contributed by atoms with Gasteiger partial charge in [0.25, 0.3) is 0 Å². The summed E-state index contributed by atoms with van der Waals surface area (Å²) >= 11 is 6.19. The lowest BCUT2D eigenvalue weighted by molar-refractivity contribution is -0.137. The Morgan fingerprint density at radius 3 is 2.25 bits per heavy atom. The zero-order chi connectivity index (χ0) is 20.1. The molecule has 150 valence electrons. The van der Waals surface area contributed by atoms with Crippen LogP contribution in [0.25, 0.3) is 0 Å². The Labute approximate surface area is 166 Å². The summed E-state index contributed by atoms with van der Waals surface area (Å²) in [6.45, 7) is 3.65. The van der Waals surface area contributed by atoms with Crippen molar-refractivity contribution in [2.24, 2.45) is 0 Å². The number of nitrogens with one attached hydrogen (secondary N) is 1. The number of benzene rings is 2. The topological polar surface area (TPSA) is 35.6 Å². The fourth-order valence-corrected chi connectivity index (χ4v) is 3.40. The van der Waals surface area contributed by atoms with Gasteiger partial charge in [0, 0.05) is 37.7 Å². The van der Waals surface area contributed by atoms with Gasteiger partial charge in [0.1, 0.15) is 0 Å². The van der Waals surface area contributed by atoms with Crippen molar-refractivity contribution in [2.45, 2.75) is 12.7 Å². The molecule has 8 heteroatoms. The summed E-state index contributed by atoms with van der Waals surface area (Å²) in [4.78, 5) is 16.4. The number of hydrogen-bond acceptors (Lipinski definition) is 3. The van der Waals surface area contributed by atoms with E-state index in [1.807, 2.05) is 29.2 Å². The Kier molecular flexibility index (Phi) is 6.59. The summed E-state index contributed by atoms with van der Waals surface area (Å²) in [5, 5.41) is 3.12. The van der Waals surface area contributed by atoms with Gasteiger partial charge in [-0.1, -0.05) is 41.9 Å². The highest BCUT2D eigenvalue weighted by atomic mass is 35.5. The van der Waals surface area contributed by atoms with Crippen LogP contribution in [0.4, 0.5) is 18.9 Å². The second-order valence-corrected chi connectivity index (χ2v) is 7.14. The molecule has 1 saturated heterocycles. The van der Waals surface area contributed by atoms with Gasteiger partial charge >= 0.3 is 6.18 Å².